The molecule has 2 saturated carbocycles. The van der Waals surface area contributed by atoms with Crippen molar-refractivity contribution in [3.8, 4) is 0 Å². The van der Waals surface area contributed by atoms with E-state index in [1.165, 1.54) is 32.1 Å². The summed E-state index contributed by atoms with van der Waals surface area (Å²) < 4.78 is 0. The third-order valence-electron chi connectivity index (χ3n) is 5.15. The summed E-state index contributed by atoms with van der Waals surface area (Å²) in [6, 6.07) is 0.324. The molecule has 1 amide bonds. The van der Waals surface area contributed by atoms with E-state index in [0.717, 1.165) is 25.7 Å². The first-order valence-corrected chi connectivity index (χ1v) is 7.69. The van der Waals surface area contributed by atoms with Gasteiger partial charge in [-0.25, -0.2) is 0 Å². The topological polar surface area (TPSA) is 55.1 Å². The average molecular weight is 252 g/mol. The van der Waals surface area contributed by atoms with Crippen LogP contribution in [-0.2, 0) is 4.79 Å². The van der Waals surface area contributed by atoms with Gasteiger partial charge in [0.05, 0.1) is 5.41 Å². The maximum atomic E-state index is 12.5. The normalized spacial score (nSPS) is 25.9. The number of carbonyl (C=O) groups excluding carboxylic acids is 1. The van der Waals surface area contributed by atoms with Gasteiger partial charge in [0.15, 0.2) is 0 Å². The lowest BCUT2D eigenvalue weighted by Gasteiger charge is -2.36. The second kappa shape index (κ2) is 6.05. The third-order valence-corrected chi connectivity index (χ3v) is 5.15. The van der Waals surface area contributed by atoms with E-state index in [1.54, 1.807) is 0 Å². The van der Waals surface area contributed by atoms with Crippen LogP contribution in [0.1, 0.15) is 64.7 Å². The van der Waals surface area contributed by atoms with E-state index >= 15 is 0 Å². The van der Waals surface area contributed by atoms with Crippen molar-refractivity contribution in [2.24, 2.45) is 17.1 Å². The van der Waals surface area contributed by atoms with Gasteiger partial charge in [-0.05, 0) is 38.5 Å². The molecule has 2 rings (SSSR count). The molecule has 0 spiro atoms. The van der Waals surface area contributed by atoms with Crippen LogP contribution < -0.4 is 11.1 Å². The third kappa shape index (κ3) is 2.87. The predicted molar refractivity (Wildman–Crippen MR) is 74.1 cm³/mol. The van der Waals surface area contributed by atoms with Gasteiger partial charge in [0.2, 0.25) is 5.91 Å². The Balaban J connectivity index is 1.92. The molecule has 104 valence electrons. The first kappa shape index (κ1) is 13.9. The Morgan fingerprint density at radius 1 is 1.22 bits per heavy atom. The van der Waals surface area contributed by atoms with Crippen molar-refractivity contribution in [3.05, 3.63) is 0 Å². The SMILES string of the molecule is CC(NC(=O)C1(CN)CCCCC1)C1CCCC1. The summed E-state index contributed by atoms with van der Waals surface area (Å²) in [5, 5.41) is 3.26. The number of amides is 1. The monoisotopic (exact) mass is 252 g/mol. The van der Waals surface area contributed by atoms with Gasteiger partial charge < -0.3 is 11.1 Å². The standard InChI is InChI=1S/C15H28N2O/c1-12(13-7-3-4-8-13)17-14(18)15(11-16)9-5-2-6-10-15/h12-13H,2-11,16H2,1H3,(H,17,18). The molecular weight excluding hydrogens is 224 g/mol. The summed E-state index contributed by atoms with van der Waals surface area (Å²) in [5.74, 6) is 0.913. The van der Waals surface area contributed by atoms with Crippen molar-refractivity contribution >= 4 is 5.91 Å². The maximum Gasteiger partial charge on any atom is 0.227 e. The Labute approximate surface area is 111 Å². The van der Waals surface area contributed by atoms with Crippen molar-refractivity contribution in [2.45, 2.75) is 70.8 Å². The van der Waals surface area contributed by atoms with E-state index in [4.69, 9.17) is 5.73 Å². The van der Waals surface area contributed by atoms with Gasteiger partial charge >= 0.3 is 0 Å². The van der Waals surface area contributed by atoms with Crippen LogP contribution in [0, 0.1) is 11.3 Å². The highest BCUT2D eigenvalue weighted by atomic mass is 16.2. The van der Waals surface area contributed by atoms with Crippen molar-refractivity contribution in [2.75, 3.05) is 6.54 Å². The molecular formula is C15H28N2O. The predicted octanol–water partition coefficient (Wildman–Crippen LogP) is 2.59. The van der Waals surface area contributed by atoms with E-state index in [0.29, 0.717) is 18.5 Å². The van der Waals surface area contributed by atoms with E-state index in [-0.39, 0.29) is 11.3 Å². The Hall–Kier alpha value is -0.570. The van der Waals surface area contributed by atoms with Crippen LogP contribution in [0.15, 0.2) is 0 Å². The first-order valence-electron chi connectivity index (χ1n) is 7.69. The zero-order valence-electron chi connectivity index (χ0n) is 11.7. The minimum Gasteiger partial charge on any atom is -0.353 e. The van der Waals surface area contributed by atoms with Gasteiger partial charge in [0.25, 0.3) is 0 Å². The highest BCUT2D eigenvalue weighted by Gasteiger charge is 2.39. The number of hydrogen-bond donors (Lipinski definition) is 2. The van der Waals surface area contributed by atoms with Gasteiger partial charge in [0.1, 0.15) is 0 Å². The number of nitrogens with two attached hydrogens (primary N) is 1. The van der Waals surface area contributed by atoms with Gasteiger partial charge in [-0.15, -0.1) is 0 Å². The minimum absolute atomic E-state index is 0.226. The lowest BCUT2D eigenvalue weighted by molar-refractivity contribution is -0.133. The van der Waals surface area contributed by atoms with Gasteiger partial charge in [-0.3, -0.25) is 4.79 Å². The molecule has 18 heavy (non-hydrogen) atoms. The molecule has 0 aliphatic heterocycles. The zero-order chi connectivity index (χ0) is 13.0. The number of rotatable bonds is 4. The van der Waals surface area contributed by atoms with Crippen LogP contribution in [-0.4, -0.2) is 18.5 Å². The molecule has 3 heteroatoms. The molecule has 0 heterocycles. The van der Waals surface area contributed by atoms with Crippen LogP contribution in [0.25, 0.3) is 0 Å². The van der Waals surface area contributed by atoms with Crippen LogP contribution >= 0.6 is 0 Å². The number of hydrogen-bond acceptors (Lipinski definition) is 2. The quantitative estimate of drug-likeness (QED) is 0.808. The minimum atomic E-state index is -0.259. The molecule has 0 aromatic rings. The molecule has 0 bridgehead atoms. The fraction of sp³-hybridized carbons (Fsp3) is 0.933. The lowest BCUT2D eigenvalue weighted by Crippen LogP contribution is -2.50. The van der Waals surface area contributed by atoms with Crippen LogP contribution in [0.2, 0.25) is 0 Å². The molecule has 0 saturated heterocycles. The van der Waals surface area contributed by atoms with E-state index < -0.39 is 0 Å². The number of nitrogens with one attached hydrogen (secondary N) is 1. The molecule has 1 unspecified atom stereocenters. The van der Waals surface area contributed by atoms with Gasteiger partial charge in [0, 0.05) is 12.6 Å². The molecule has 2 aliphatic carbocycles. The van der Waals surface area contributed by atoms with E-state index in [9.17, 15) is 4.79 Å². The summed E-state index contributed by atoms with van der Waals surface area (Å²) in [5.41, 5.74) is 5.65. The van der Waals surface area contributed by atoms with Crippen molar-refractivity contribution < 1.29 is 4.79 Å². The summed E-state index contributed by atoms with van der Waals surface area (Å²) in [6.45, 7) is 2.68. The summed E-state index contributed by atoms with van der Waals surface area (Å²) >= 11 is 0. The second-order valence-corrected chi connectivity index (χ2v) is 6.35. The fourth-order valence-corrected chi connectivity index (χ4v) is 3.69. The van der Waals surface area contributed by atoms with Gasteiger partial charge in [-0.2, -0.15) is 0 Å². The molecule has 2 fully saturated rings. The molecule has 3 nitrogen and oxygen atoms in total. The Morgan fingerprint density at radius 2 is 1.83 bits per heavy atom. The molecule has 0 radical (unpaired) electrons. The average Bonchev–Trinajstić information content (AvgIpc) is 2.93. The van der Waals surface area contributed by atoms with Crippen molar-refractivity contribution in [1.29, 1.82) is 0 Å². The number of carbonyl (C=O) groups is 1. The molecule has 1 atom stereocenters. The summed E-state index contributed by atoms with van der Waals surface area (Å²) in [6.07, 6.45) is 10.7. The highest BCUT2D eigenvalue weighted by molar-refractivity contribution is 5.83. The zero-order valence-corrected chi connectivity index (χ0v) is 11.7. The highest BCUT2D eigenvalue weighted by Crippen LogP contribution is 2.36. The van der Waals surface area contributed by atoms with Crippen LogP contribution in [0.3, 0.4) is 0 Å². The Bertz CT molecular complexity index is 278. The fourth-order valence-electron chi connectivity index (χ4n) is 3.69. The summed E-state index contributed by atoms with van der Waals surface area (Å²) in [4.78, 5) is 12.5. The van der Waals surface area contributed by atoms with E-state index in [2.05, 4.69) is 12.2 Å². The first-order chi connectivity index (χ1) is 8.68. The Kier molecular flexibility index (Phi) is 4.66. The van der Waals surface area contributed by atoms with Crippen molar-refractivity contribution in [1.82, 2.24) is 5.32 Å². The lowest BCUT2D eigenvalue weighted by atomic mass is 9.73. The molecule has 3 N–H and O–H groups in total. The van der Waals surface area contributed by atoms with Crippen molar-refractivity contribution in [3.63, 3.8) is 0 Å². The largest absolute Gasteiger partial charge is 0.353 e. The smallest absolute Gasteiger partial charge is 0.227 e. The molecule has 0 aromatic carbocycles. The second-order valence-electron chi connectivity index (χ2n) is 6.35. The van der Waals surface area contributed by atoms with Crippen LogP contribution in [0.4, 0.5) is 0 Å². The van der Waals surface area contributed by atoms with Crippen LogP contribution in [0.5, 0.6) is 0 Å². The Morgan fingerprint density at radius 3 is 2.39 bits per heavy atom. The molecule has 0 aromatic heterocycles. The molecule has 2 aliphatic rings. The maximum absolute atomic E-state index is 12.5. The van der Waals surface area contributed by atoms with E-state index in [1.807, 2.05) is 0 Å². The van der Waals surface area contributed by atoms with Gasteiger partial charge in [-0.1, -0.05) is 32.1 Å². The summed E-state index contributed by atoms with van der Waals surface area (Å²) in [7, 11) is 0.